The summed E-state index contributed by atoms with van der Waals surface area (Å²) in [5, 5.41) is 0.630. The van der Waals surface area contributed by atoms with Gasteiger partial charge in [-0.2, -0.15) is 0 Å². The zero-order valence-corrected chi connectivity index (χ0v) is 10.1. The Morgan fingerprint density at radius 3 is 3.12 bits per heavy atom. The summed E-state index contributed by atoms with van der Waals surface area (Å²) < 4.78 is 5.47. The Morgan fingerprint density at radius 1 is 1.47 bits per heavy atom. The fourth-order valence-corrected chi connectivity index (χ4v) is 2.50. The van der Waals surface area contributed by atoms with E-state index in [0.717, 1.165) is 42.9 Å². The summed E-state index contributed by atoms with van der Waals surface area (Å²) in [4.78, 5) is 7.85. The van der Waals surface area contributed by atoms with Crippen molar-refractivity contribution in [3.8, 4) is 0 Å². The van der Waals surface area contributed by atoms with E-state index in [1.807, 2.05) is 6.07 Å². The molecule has 1 aromatic heterocycles. The van der Waals surface area contributed by atoms with Gasteiger partial charge in [-0.05, 0) is 25.0 Å². The average Bonchev–Trinajstić information content (AvgIpc) is 2.74. The van der Waals surface area contributed by atoms with E-state index in [4.69, 9.17) is 22.1 Å². The van der Waals surface area contributed by atoms with E-state index in [2.05, 4.69) is 9.97 Å². The molecular weight excluding hydrogens is 238 g/mol. The molecular formula is C12H14ClN3O. The van der Waals surface area contributed by atoms with Gasteiger partial charge in [-0.25, -0.2) is 4.98 Å². The van der Waals surface area contributed by atoms with Crippen LogP contribution in [0.4, 0.5) is 5.69 Å². The van der Waals surface area contributed by atoms with Crippen molar-refractivity contribution in [2.24, 2.45) is 0 Å². The quantitative estimate of drug-likeness (QED) is 0.766. The molecule has 0 spiro atoms. The molecule has 5 heteroatoms. The molecule has 1 aliphatic rings. The first kappa shape index (κ1) is 10.9. The normalized spacial score (nSPS) is 20.9. The number of fused-ring (bicyclic) bond motifs is 1. The second kappa shape index (κ2) is 4.20. The van der Waals surface area contributed by atoms with Crippen molar-refractivity contribution in [1.82, 2.24) is 9.97 Å². The first-order valence-electron chi connectivity index (χ1n) is 5.76. The minimum absolute atomic E-state index is 0.342. The van der Waals surface area contributed by atoms with E-state index in [0.29, 0.717) is 16.6 Å². The molecule has 0 radical (unpaired) electrons. The lowest BCUT2D eigenvalue weighted by Gasteiger charge is -2.19. The van der Waals surface area contributed by atoms with Crippen LogP contribution in [0.1, 0.15) is 24.6 Å². The highest BCUT2D eigenvalue weighted by Gasteiger charge is 2.20. The average molecular weight is 252 g/mol. The first-order chi connectivity index (χ1) is 8.24. The molecule has 1 aliphatic heterocycles. The molecule has 0 aliphatic carbocycles. The largest absolute Gasteiger partial charge is 0.397 e. The Kier molecular flexibility index (Phi) is 2.68. The number of hydrogen-bond donors (Lipinski definition) is 2. The second-order valence-electron chi connectivity index (χ2n) is 4.43. The molecule has 1 atom stereocenters. The van der Waals surface area contributed by atoms with Gasteiger partial charge in [0, 0.05) is 17.5 Å². The predicted octanol–water partition coefficient (Wildman–Crippen LogP) is 2.69. The summed E-state index contributed by atoms with van der Waals surface area (Å²) in [6, 6.07) is 3.58. The number of nitrogen functional groups attached to an aromatic ring is 1. The first-order valence-corrected chi connectivity index (χ1v) is 6.14. The van der Waals surface area contributed by atoms with Gasteiger partial charge in [0.15, 0.2) is 0 Å². The van der Waals surface area contributed by atoms with Crippen LogP contribution in [0.2, 0.25) is 5.02 Å². The van der Waals surface area contributed by atoms with Crippen LogP contribution in [0.5, 0.6) is 0 Å². The number of hydrogen-bond acceptors (Lipinski definition) is 3. The van der Waals surface area contributed by atoms with Crippen molar-refractivity contribution >= 4 is 28.3 Å². The highest BCUT2D eigenvalue weighted by molar-refractivity contribution is 6.31. The second-order valence-corrected chi connectivity index (χ2v) is 4.86. The smallest absolute Gasteiger partial charge is 0.112 e. The fourth-order valence-electron chi connectivity index (χ4n) is 2.28. The molecule has 90 valence electrons. The maximum atomic E-state index is 5.97. The number of halogens is 1. The number of nitrogens with one attached hydrogen (secondary N) is 1. The van der Waals surface area contributed by atoms with Gasteiger partial charge in [0.25, 0.3) is 0 Å². The Morgan fingerprint density at radius 2 is 2.35 bits per heavy atom. The predicted molar refractivity (Wildman–Crippen MR) is 68.3 cm³/mol. The van der Waals surface area contributed by atoms with Crippen LogP contribution in [-0.4, -0.2) is 23.2 Å². The minimum Gasteiger partial charge on any atom is -0.397 e. The number of benzene rings is 1. The van der Waals surface area contributed by atoms with Crippen LogP contribution in [0.15, 0.2) is 12.1 Å². The molecule has 3 N–H and O–H groups in total. The summed E-state index contributed by atoms with van der Waals surface area (Å²) in [7, 11) is 0. The molecule has 1 fully saturated rings. The Labute approximate surface area is 104 Å². The number of aromatic amines is 1. The van der Waals surface area contributed by atoms with E-state index in [9.17, 15) is 0 Å². The van der Waals surface area contributed by atoms with Gasteiger partial charge in [0.2, 0.25) is 0 Å². The van der Waals surface area contributed by atoms with E-state index >= 15 is 0 Å². The van der Waals surface area contributed by atoms with Gasteiger partial charge in [-0.3, -0.25) is 0 Å². The molecule has 1 saturated heterocycles. The number of nitrogens with two attached hydrogens (primary N) is 1. The third-order valence-electron chi connectivity index (χ3n) is 3.15. The van der Waals surface area contributed by atoms with Crippen LogP contribution in [-0.2, 0) is 4.74 Å². The lowest BCUT2D eigenvalue weighted by atomic mass is 10.0. The summed E-state index contributed by atoms with van der Waals surface area (Å²) in [5.41, 5.74) is 8.22. The highest BCUT2D eigenvalue weighted by atomic mass is 35.5. The monoisotopic (exact) mass is 251 g/mol. The molecule has 0 amide bonds. The number of anilines is 1. The van der Waals surface area contributed by atoms with Crippen molar-refractivity contribution in [3.05, 3.63) is 23.0 Å². The summed E-state index contributed by atoms with van der Waals surface area (Å²) in [6.45, 7) is 1.58. The number of rotatable bonds is 1. The van der Waals surface area contributed by atoms with Gasteiger partial charge in [-0.1, -0.05) is 11.6 Å². The van der Waals surface area contributed by atoms with Crippen molar-refractivity contribution in [1.29, 1.82) is 0 Å². The van der Waals surface area contributed by atoms with Crippen molar-refractivity contribution in [2.45, 2.75) is 18.8 Å². The maximum Gasteiger partial charge on any atom is 0.112 e. The van der Waals surface area contributed by atoms with Crippen LogP contribution in [0.25, 0.3) is 11.0 Å². The van der Waals surface area contributed by atoms with Gasteiger partial charge in [-0.15, -0.1) is 0 Å². The van der Waals surface area contributed by atoms with Gasteiger partial charge >= 0.3 is 0 Å². The number of aromatic nitrogens is 2. The third-order valence-corrected chi connectivity index (χ3v) is 3.36. The van der Waals surface area contributed by atoms with Crippen molar-refractivity contribution in [3.63, 3.8) is 0 Å². The minimum atomic E-state index is 0.342. The van der Waals surface area contributed by atoms with Gasteiger partial charge < -0.3 is 15.5 Å². The van der Waals surface area contributed by atoms with E-state index in [1.54, 1.807) is 6.07 Å². The molecule has 0 bridgehead atoms. The zero-order valence-electron chi connectivity index (χ0n) is 9.37. The molecule has 2 aromatic rings. The summed E-state index contributed by atoms with van der Waals surface area (Å²) in [6.07, 6.45) is 2.19. The topological polar surface area (TPSA) is 63.9 Å². The number of imidazole rings is 1. The van der Waals surface area contributed by atoms with Crippen LogP contribution in [0.3, 0.4) is 0 Å². The van der Waals surface area contributed by atoms with Crippen LogP contribution < -0.4 is 5.73 Å². The third kappa shape index (κ3) is 1.98. The van der Waals surface area contributed by atoms with Crippen LogP contribution in [0, 0.1) is 0 Å². The maximum absolute atomic E-state index is 5.97. The van der Waals surface area contributed by atoms with E-state index in [-0.39, 0.29) is 0 Å². The Hall–Kier alpha value is -1.26. The fraction of sp³-hybridized carbons (Fsp3) is 0.417. The van der Waals surface area contributed by atoms with Gasteiger partial charge in [0.1, 0.15) is 11.3 Å². The Bertz CT molecular complexity index is 546. The molecule has 0 saturated carbocycles. The molecule has 1 aromatic carbocycles. The summed E-state index contributed by atoms with van der Waals surface area (Å²) >= 11 is 5.97. The molecule has 2 heterocycles. The molecule has 1 unspecified atom stereocenters. The van der Waals surface area contributed by atoms with E-state index in [1.165, 1.54) is 0 Å². The number of ether oxygens (including phenoxy) is 1. The Balaban J connectivity index is 2.03. The zero-order chi connectivity index (χ0) is 11.8. The number of H-pyrrole nitrogens is 1. The summed E-state index contributed by atoms with van der Waals surface area (Å²) in [5.74, 6) is 1.29. The van der Waals surface area contributed by atoms with Crippen molar-refractivity contribution in [2.75, 3.05) is 18.9 Å². The standard InChI is InChI=1S/C12H14ClN3O/c13-8-4-9(14)11-10(5-8)15-12(16-11)7-2-1-3-17-6-7/h4-5,7H,1-3,6,14H2,(H,15,16). The van der Waals surface area contributed by atoms with Gasteiger partial charge in [0.05, 0.1) is 17.8 Å². The SMILES string of the molecule is Nc1cc(Cl)cc2[nH]c(C3CCCOC3)nc12. The van der Waals surface area contributed by atoms with Crippen LogP contribution >= 0.6 is 11.6 Å². The van der Waals surface area contributed by atoms with Crippen molar-refractivity contribution < 1.29 is 4.74 Å². The number of nitrogens with zero attached hydrogens (tertiary/aromatic N) is 1. The molecule has 17 heavy (non-hydrogen) atoms. The van der Waals surface area contributed by atoms with E-state index < -0.39 is 0 Å². The molecule has 3 rings (SSSR count). The lowest BCUT2D eigenvalue weighted by molar-refractivity contribution is 0.0784. The highest BCUT2D eigenvalue weighted by Crippen LogP contribution is 2.29. The lowest BCUT2D eigenvalue weighted by Crippen LogP contribution is -2.16. The molecule has 4 nitrogen and oxygen atoms in total.